The maximum Gasteiger partial charge on any atom is 0.239 e. The highest BCUT2D eigenvalue weighted by Crippen LogP contribution is 2.20. The van der Waals surface area contributed by atoms with Crippen molar-refractivity contribution in [2.75, 3.05) is 19.7 Å². The summed E-state index contributed by atoms with van der Waals surface area (Å²) in [6.45, 7) is 7.41. The maximum atomic E-state index is 12.3. The van der Waals surface area contributed by atoms with Gasteiger partial charge in [0.05, 0.1) is 19.2 Å². The number of hydrogen-bond donors (Lipinski definition) is 2. The van der Waals surface area contributed by atoms with Crippen molar-refractivity contribution in [2.24, 2.45) is 11.7 Å². The lowest BCUT2D eigenvalue weighted by Gasteiger charge is -2.34. The summed E-state index contributed by atoms with van der Waals surface area (Å²) >= 11 is 0. The second kappa shape index (κ2) is 7.72. The number of amides is 1. The van der Waals surface area contributed by atoms with E-state index in [1.807, 2.05) is 20.8 Å². The summed E-state index contributed by atoms with van der Waals surface area (Å²) in [7, 11) is 0. The molecule has 0 radical (unpaired) electrons. The van der Waals surface area contributed by atoms with Gasteiger partial charge in [0, 0.05) is 13.0 Å². The van der Waals surface area contributed by atoms with E-state index < -0.39 is 6.04 Å². The van der Waals surface area contributed by atoms with Crippen LogP contribution in [-0.4, -0.2) is 51.7 Å². The smallest absolute Gasteiger partial charge is 0.239 e. The van der Waals surface area contributed by atoms with Crippen LogP contribution in [0.15, 0.2) is 0 Å². The molecule has 1 amide bonds. The molecule has 1 unspecified atom stereocenters. The van der Waals surface area contributed by atoms with Gasteiger partial charge in [0.2, 0.25) is 5.91 Å². The number of aryl methyl sites for hydroxylation is 1. The highest BCUT2D eigenvalue weighted by Gasteiger charge is 2.31. The minimum absolute atomic E-state index is 0. The van der Waals surface area contributed by atoms with Crippen LogP contribution in [0.2, 0.25) is 0 Å². The van der Waals surface area contributed by atoms with Gasteiger partial charge < -0.3 is 15.4 Å². The van der Waals surface area contributed by atoms with Gasteiger partial charge in [-0.05, 0) is 5.92 Å². The van der Waals surface area contributed by atoms with Crippen LogP contribution in [0.3, 0.4) is 0 Å². The second-order valence-electron chi connectivity index (χ2n) is 5.41. The molecule has 1 saturated heterocycles. The monoisotopic (exact) mass is 317 g/mol. The molecule has 2 rings (SSSR count). The van der Waals surface area contributed by atoms with E-state index in [-0.39, 0.29) is 30.3 Å². The summed E-state index contributed by atoms with van der Waals surface area (Å²) in [5.41, 5.74) is 5.93. The van der Waals surface area contributed by atoms with E-state index in [2.05, 4.69) is 15.2 Å². The Hall–Kier alpha value is -1.18. The quantitative estimate of drug-likeness (QED) is 0.850. The number of aromatic amines is 1. The summed E-state index contributed by atoms with van der Waals surface area (Å²) < 4.78 is 5.66. The summed E-state index contributed by atoms with van der Waals surface area (Å²) in [4.78, 5) is 18.4. The Bertz CT molecular complexity index is 465. The Morgan fingerprint density at radius 3 is 2.86 bits per heavy atom. The largest absolute Gasteiger partial charge is 0.366 e. The van der Waals surface area contributed by atoms with Gasteiger partial charge in [-0.25, -0.2) is 4.98 Å². The maximum absolute atomic E-state index is 12.3. The lowest BCUT2D eigenvalue weighted by Crippen LogP contribution is -2.51. The zero-order valence-electron chi connectivity index (χ0n) is 12.7. The first kappa shape index (κ1) is 17.9. The lowest BCUT2D eigenvalue weighted by atomic mass is 10.0. The fourth-order valence-corrected chi connectivity index (χ4v) is 2.11. The molecule has 0 spiro atoms. The molecule has 7 nitrogen and oxygen atoms in total. The number of H-pyrrole nitrogens is 1. The second-order valence-corrected chi connectivity index (χ2v) is 5.41. The fraction of sp³-hybridized carbons (Fsp3) is 0.769. The van der Waals surface area contributed by atoms with Crippen molar-refractivity contribution in [2.45, 2.75) is 39.3 Å². The molecule has 0 bridgehead atoms. The minimum Gasteiger partial charge on any atom is -0.366 e. The molecule has 0 saturated carbocycles. The van der Waals surface area contributed by atoms with E-state index in [4.69, 9.17) is 10.5 Å². The molecule has 21 heavy (non-hydrogen) atoms. The molecule has 0 aromatic carbocycles. The van der Waals surface area contributed by atoms with Gasteiger partial charge in [-0.3, -0.25) is 9.89 Å². The van der Waals surface area contributed by atoms with Gasteiger partial charge in [0.15, 0.2) is 5.82 Å². The Labute approximate surface area is 131 Å². The van der Waals surface area contributed by atoms with E-state index in [9.17, 15) is 4.79 Å². The van der Waals surface area contributed by atoms with E-state index >= 15 is 0 Å². The number of morpholine rings is 1. The number of nitrogens with two attached hydrogens (primary N) is 1. The van der Waals surface area contributed by atoms with Gasteiger partial charge in [0.25, 0.3) is 0 Å². The third-order valence-corrected chi connectivity index (χ3v) is 3.55. The van der Waals surface area contributed by atoms with Crippen LogP contribution in [0.25, 0.3) is 0 Å². The SMILES string of the molecule is CCc1nc(C2CN(C(=O)[C@@H](N)C(C)C)CCO2)n[nH]1.Cl. The van der Waals surface area contributed by atoms with Crippen LogP contribution in [0, 0.1) is 5.92 Å². The van der Waals surface area contributed by atoms with Gasteiger partial charge in [0.1, 0.15) is 11.9 Å². The third kappa shape index (κ3) is 4.15. The number of rotatable bonds is 4. The third-order valence-electron chi connectivity index (χ3n) is 3.55. The Morgan fingerprint density at radius 2 is 2.29 bits per heavy atom. The van der Waals surface area contributed by atoms with Crippen molar-refractivity contribution in [3.8, 4) is 0 Å². The Kier molecular flexibility index (Phi) is 6.57. The highest BCUT2D eigenvalue weighted by molar-refractivity contribution is 5.85. The first-order valence-electron chi connectivity index (χ1n) is 7.10. The molecular formula is C13H24ClN5O2. The summed E-state index contributed by atoms with van der Waals surface area (Å²) in [6.07, 6.45) is 0.518. The van der Waals surface area contributed by atoms with Crippen LogP contribution in [0.4, 0.5) is 0 Å². The summed E-state index contributed by atoms with van der Waals surface area (Å²) in [5, 5.41) is 7.02. The van der Waals surface area contributed by atoms with Crippen molar-refractivity contribution in [3.05, 3.63) is 11.6 Å². The van der Waals surface area contributed by atoms with E-state index in [0.29, 0.717) is 25.5 Å². The number of carbonyl (C=O) groups is 1. The lowest BCUT2D eigenvalue weighted by molar-refractivity contribution is -0.141. The first-order valence-corrected chi connectivity index (χ1v) is 7.10. The van der Waals surface area contributed by atoms with E-state index in [1.54, 1.807) is 4.90 Å². The summed E-state index contributed by atoms with van der Waals surface area (Å²) in [5.74, 6) is 1.53. The van der Waals surface area contributed by atoms with Crippen LogP contribution >= 0.6 is 12.4 Å². The molecular weight excluding hydrogens is 294 g/mol. The first-order chi connectivity index (χ1) is 9.52. The molecule has 1 fully saturated rings. The summed E-state index contributed by atoms with van der Waals surface area (Å²) in [6, 6.07) is -0.466. The molecule has 3 N–H and O–H groups in total. The highest BCUT2D eigenvalue weighted by atomic mass is 35.5. The molecule has 1 aromatic heterocycles. The van der Waals surface area contributed by atoms with Gasteiger partial charge >= 0.3 is 0 Å². The Balaban J connectivity index is 0.00000220. The average molecular weight is 318 g/mol. The predicted octanol–water partition coefficient (Wildman–Crippen LogP) is 0.672. The van der Waals surface area contributed by atoms with Gasteiger partial charge in [-0.15, -0.1) is 12.4 Å². The van der Waals surface area contributed by atoms with Crippen LogP contribution in [-0.2, 0) is 16.0 Å². The van der Waals surface area contributed by atoms with Crippen LogP contribution in [0.1, 0.15) is 38.5 Å². The van der Waals surface area contributed by atoms with E-state index in [0.717, 1.165) is 12.2 Å². The zero-order chi connectivity index (χ0) is 14.7. The fourth-order valence-electron chi connectivity index (χ4n) is 2.11. The number of hydrogen-bond acceptors (Lipinski definition) is 5. The molecule has 1 aliphatic heterocycles. The minimum atomic E-state index is -0.466. The molecule has 1 aromatic rings. The molecule has 8 heteroatoms. The molecule has 1 aliphatic rings. The zero-order valence-corrected chi connectivity index (χ0v) is 13.5. The number of nitrogens with zero attached hydrogens (tertiary/aromatic N) is 3. The number of carbonyl (C=O) groups excluding carboxylic acids is 1. The van der Waals surface area contributed by atoms with Crippen molar-refractivity contribution in [1.82, 2.24) is 20.1 Å². The molecule has 0 aliphatic carbocycles. The molecule has 2 heterocycles. The molecule has 120 valence electrons. The van der Waals surface area contributed by atoms with Crippen molar-refractivity contribution >= 4 is 18.3 Å². The molecule has 2 atom stereocenters. The predicted molar refractivity (Wildman–Crippen MR) is 81.1 cm³/mol. The van der Waals surface area contributed by atoms with Crippen LogP contribution < -0.4 is 5.73 Å². The topological polar surface area (TPSA) is 97.1 Å². The standard InChI is InChI=1S/C13H23N5O2.ClH/c1-4-10-15-12(17-16-10)9-7-18(5-6-20-9)13(19)11(14)8(2)3;/h8-9,11H,4-7,14H2,1-3H3,(H,15,16,17);1H/t9?,11-;/m0./s1. The van der Waals surface area contributed by atoms with Crippen LogP contribution in [0.5, 0.6) is 0 Å². The normalized spacial score (nSPS) is 20.2. The number of ether oxygens (including phenoxy) is 1. The van der Waals surface area contributed by atoms with E-state index in [1.165, 1.54) is 0 Å². The number of nitrogens with one attached hydrogen (secondary N) is 1. The number of aromatic nitrogens is 3. The van der Waals surface area contributed by atoms with Crippen molar-refractivity contribution in [1.29, 1.82) is 0 Å². The van der Waals surface area contributed by atoms with Gasteiger partial charge in [-0.2, -0.15) is 5.10 Å². The van der Waals surface area contributed by atoms with Crippen molar-refractivity contribution in [3.63, 3.8) is 0 Å². The average Bonchev–Trinajstić information content (AvgIpc) is 2.94. The Morgan fingerprint density at radius 1 is 1.57 bits per heavy atom. The number of halogens is 1. The van der Waals surface area contributed by atoms with Gasteiger partial charge in [-0.1, -0.05) is 20.8 Å². The van der Waals surface area contributed by atoms with Crippen molar-refractivity contribution < 1.29 is 9.53 Å².